The van der Waals surface area contributed by atoms with Gasteiger partial charge in [0.25, 0.3) is 0 Å². The fourth-order valence-electron chi connectivity index (χ4n) is 2.80. The maximum atomic E-state index is 13.5. The summed E-state index contributed by atoms with van der Waals surface area (Å²) in [6, 6.07) is 3.40. The van der Waals surface area contributed by atoms with E-state index in [4.69, 9.17) is 0 Å². The number of imidazole rings is 1. The molecule has 4 rings (SSSR count). The number of nitrogens with zero attached hydrogens (tertiary/aromatic N) is 4. The Morgan fingerprint density at radius 2 is 2.22 bits per heavy atom. The van der Waals surface area contributed by atoms with Crippen LogP contribution in [-0.4, -0.2) is 38.5 Å². The van der Waals surface area contributed by atoms with Crippen LogP contribution in [0.15, 0.2) is 30.7 Å². The summed E-state index contributed by atoms with van der Waals surface area (Å²) >= 11 is 0. The minimum Gasteiger partial charge on any atom is -0.366 e. The summed E-state index contributed by atoms with van der Waals surface area (Å²) < 4.78 is 15.2. The Balaban J connectivity index is 1.74. The Kier molecular flexibility index (Phi) is 3.42. The standard InChI is InChI=1S/C16H17FN6/c1-10-6-20-16(22-15(10)21-12-4-5-18-7-12)13-8-19-14-3-2-11(17)9-23(13)14/h2-3,6,8-9,12,18H,4-5,7H2,1H3,(H,20,21,22). The van der Waals surface area contributed by atoms with Crippen molar-refractivity contribution in [2.75, 3.05) is 18.4 Å². The fourth-order valence-corrected chi connectivity index (χ4v) is 2.80. The second-order valence-corrected chi connectivity index (χ2v) is 5.78. The molecule has 6 nitrogen and oxygen atoms in total. The first-order chi connectivity index (χ1) is 11.2. The lowest BCUT2D eigenvalue weighted by molar-refractivity contribution is 0.619. The van der Waals surface area contributed by atoms with Gasteiger partial charge >= 0.3 is 0 Å². The van der Waals surface area contributed by atoms with Gasteiger partial charge in [0, 0.05) is 30.5 Å². The lowest BCUT2D eigenvalue weighted by Gasteiger charge is -2.14. The highest BCUT2D eigenvalue weighted by molar-refractivity contribution is 5.59. The van der Waals surface area contributed by atoms with Crippen molar-refractivity contribution >= 4 is 11.5 Å². The molecule has 1 aliphatic rings. The number of pyridine rings is 1. The average Bonchev–Trinajstić information content (AvgIpc) is 3.19. The van der Waals surface area contributed by atoms with Crippen LogP contribution < -0.4 is 10.6 Å². The van der Waals surface area contributed by atoms with Gasteiger partial charge in [0.05, 0.1) is 6.20 Å². The second-order valence-electron chi connectivity index (χ2n) is 5.78. The molecule has 0 amide bonds. The smallest absolute Gasteiger partial charge is 0.180 e. The zero-order chi connectivity index (χ0) is 15.8. The van der Waals surface area contributed by atoms with Crippen LogP contribution in [0.1, 0.15) is 12.0 Å². The number of rotatable bonds is 3. The molecule has 7 heteroatoms. The monoisotopic (exact) mass is 312 g/mol. The Hall–Kier alpha value is -2.54. The van der Waals surface area contributed by atoms with Gasteiger partial charge in [-0.2, -0.15) is 0 Å². The molecule has 23 heavy (non-hydrogen) atoms. The first-order valence-electron chi connectivity index (χ1n) is 7.64. The lowest BCUT2D eigenvalue weighted by atomic mass is 10.2. The van der Waals surface area contributed by atoms with Crippen molar-refractivity contribution in [3.8, 4) is 11.5 Å². The summed E-state index contributed by atoms with van der Waals surface area (Å²) in [5.41, 5.74) is 2.33. The van der Waals surface area contributed by atoms with Crippen LogP contribution in [0.2, 0.25) is 0 Å². The van der Waals surface area contributed by atoms with Crippen molar-refractivity contribution in [3.63, 3.8) is 0 Å². The van der Waals surface area contributed by atoms with E-state index in [0.717, 1.165) is 30.9 Å². The van der Waals surface area contributed by atoms with Crippen molar-refractivity contribution in [1.82, 2.24) is 24.7 Å². The van der Waals surface area contributed by atoms with E-state index in [1.165, 1.54) is 12.3 Å². The Morgan fingerprint density at radius 1 is 1.30 bits per heavy atom. The van der Waals surface area contributed by atoms with Crippen molar-refractivity contribution in [2.24, 2.45) is 0 Å². The van der Waals surface area contributed by atoms with E-state index in [-0.39, 0.29) is 5.82 Å². The molecule has 4 heterocycles. The number of aromatic nitrogens is 4. The van der Waals surface area contributed by atoms with Gasteiger partial charge < -0.3 is 10.6 Å². The number of hydrogen-bond donors (Lipinski definition) is 2. The minimum absolute atomic E-state index is 0.320. The van der Waals surface area contributed by atoms with Gasteiger partial charge in [-0.25, -0.2) is 19.3 Å². The molecule has 0 aromatic carbocycles. The van der Waals surface area contributed by atoms with E-state index in [2.05, 4.69) is 25.6 Å². The van der Waals surface area contributed by atoms with Crippen LogP contribution in [0, 0.1) is 12.7 Å². The molecule has 0 radical (unpaired) electrons. The zero-order valence-electron chi connectivity index (χ0n) is 12.8. The molecule has 3 aromatic heterocycles. The van der Waals surface area contributed by atoms with E-state index in [1.54, 1.807) is 22.9 Å². The number of halogens is 1. The number of nitrogens with one attached hydrogen (secondary N) is 2. The predicted molar refractivity (Wildman–Crippen MR) is 85.8 cm³/mol. The van der Waals surface area contributed by atoms with Gasteiger partial charge in [0.15, 0.2) is 5.82 Å². The fraction of sp³-hybridized carbons (Fsp3) is 0.312. The molecule has 2 N–H and O–H groups in total. The first-order valence-corrected chi connectivity index (χ1v) is 7.64. The molecule has 1 fully saturated rings. The molecule has 1 saturated heterocycles. The maximum Gasteiger partial charge on any atom is 0.180 e. The van der Waals surface area contributed by atoms with E-state index in [0.29, 0.717) is 23.2 Å². The topological polar surface area (TPSA) is 67.1 Å². The molecule has 3 aromatic rings. The number of anilines is 1. The number of hydrogen-bond acceptors (Lipinski definition) is 5. The SMILES string of the molecule is Cc1cnc(-c2cnc3ccc(F)cn23)nc1NC1CCNC1. The summed E-state index contributed by atoms with van der Waals surface area (Å²) in [7, 11) is 0. The van der Waals surface area contributed by atoms with Crippen molar-refractivity contribution in [2.45, 2.75) is 19.4 Å². The summed E-state index contributed by atoms with van der Waals surface area (Å²) in [6.45, 7) is 3.92. The van der Waals surface area contributed by atoms with Crippen LogP contribution >= 0.6 is 0 Å². The third kappa shape index (κ3) is 2.63. The van der Waals surface area contributed by atoms with Gasteiger partial charge in [0.1, 0.15) is 23.0 Å². The summed E-state index contributed by atoms with van der Waals surface area (Å²) in [6.07, 6.45) is 5.92. The van der Waals surface area contributed by atoms with Crippen LogP contribution in [0.4, 0.5) is 10.2 Å². The van der Waals surface area contributed by atoms with E-state index in [9.17, 15) is 4.39 Å². The highest BCUT2D eigenvalue weighted by Gasteiger charge is 2.17. The average molecular weight is 312 g/mol. The summed E-state index contributed by atoms with van der Waals surface area (Å²) in [4.78, 5) is 13.3. The highest BCUT2D eigenvalue weighted by Crippen LogP contribution is 2.21. The van der Waals surface area contributed by atoms with Crippen LogP contribution in [-0.2, 0) is 0 Å². The number of fused-ring (bicyclic) bond motifs is 1. The zero-order valence-corrected chi connectivity index (χ0v) is 12.8. The molecular formula is C16H17FN6. The van der Waals surface area contributed by atoms with E-state index >= 15 is 0 Å². The van der Waals surface area contributed by atoms with Crippen LogP contribution in [0.25, 0.3) is 17.2 Å². The van der Waals surface area contributed by atoms with Crippen molar-refractivity contribution < 1.29 is 4.39 Å². The third-order valence-corrected chi connectivity index (χ3v) is 4.07. The van der Waals surface area contributed by atoms with E-state index < -0.39 is 0 Å². The summed E-state index contributed by atoms with van der Waals surface area (Å²) in [5, 5.41) is 6.78. The molecule has 1 unspecified atom stereocenters. The third-order valence-electron chi connectivity index (χ3n) is 4.07. The normalized spacial score (nSPS) is 17.7. The quantitative estimate of drug-likeness (QED) is 0.774. The predicted octanol–water partition coefficient (Wildman–Crippen LogP) is 2.01. The highest BCUT2D eigenvalue weighted by atomic mass is 19.1. The van der Waals surface area contributed by atoms with Crippen LogP contribution in [0.5, 0.6) is 0 Å². The van der Waals surface area contributed by atoms with Gasteiger partial charge in [0.2, 0.25) is 0 Å². The molecule has 118 valence electrons. The molecule has 0 bridgehead atoms. The minimum atomic E-state index is -0.320. The van der Waals surface area contributed by atoms with Gasteiger partial charge in [-0.05, 0) is 32.0 Å². The largest absolute Gasteiger partial charge is 0.366 e. The van der Waals surface area contributed by atoms with Gasteiger partial charge in [-0.1, -0.05) is 0 Å². The van der Waals surface area contributed by atoms with Crippen molar-refractivity contribution in [3.05, 3.63) is 42.1 Å². The lowest BCUT2D eigenvalue weighted by Crippen LogP contribution is -2.23. The Labute approximate surface area is 132 Å². The molecule has 1 aliphatic heterocycles. The molecule has 0 aliphatic carbocycles. The summed E-state index contributed by atoms with van der Waals surface area (Å²) in [5.74, 6) is 1.02. The number of aryl methyl sites for hydroxylation is 1. The van der Waals surface area contributed by atoms with Crippen molar-refractivity contribution in [1.29, 1.82) is 0 Å². The molecule has 1 atom stereocenters. The Morgan fingerprint density at radius 3 is 3.04 bits per heavy atom. The van der Waals surface area contributed by atoms with E-state index in [1.807, 2.05) is 6.92 Å². The molecule has 0 saturated carbocycles. The maximum absolute atomic E-state index is 13.5. The van der Waals surface area contributed by atoms with Gasteiger partial charge in [-0.15, -0.1) is 0 Å². The first kappa shape index (κ1) is 14.1. The molecular weight excluding hydrogens is 295 g/mol. The molecule has 0 spiro atoms. The van der Waals surface area contributed by atoms with Crippen LogP contribution in [0.3, 0.4) is 0 Å². The Bertz CT molecular complexity index is 853. The second kappa shape index (κ2) is 5.58. The van der Waals surface area contributed by atoms with Gasteiger partial charge in [-0.3, -0.25) is 4.40 Å².